The maximum absolute atomic E-state index is 12.6. The number of carbonyl (C=O) groups excluding carboxylic acids is 1. The molecule has 100 valence electrons. The molecule has 1 N–H and O–H groups in total. The number of carbonyl (C=O) groups is 1. The maximum atomic E-state index is 12.6. The normalized spacial score (nSPS) is 10.7. The maximum Gasteiger partial charge on any atom is 0.195 e. The van der Waals surface area contributed by atoms with Crippen LogP contribution in [0.4, 0.5) is 0 Å². The Balaban J connectivity index is 2.12. The molecule has 20 heavy (non-hydrogen) atoms. The van der Waals surface area contributed by atoms with E-state index in [1.807, 2.05) is 6.07 Å². The monoisotopic (exact) mass is 285 g/mol. The van der Waals surface area contributed by atoms with Crippen molar-refractivity contribution in [2.45, 2.75) is 0 Å². The van der Waals surface area contributed by atoms with Gasteiger partial charge in [-0.2, -0.15) is 0 Å². The SMILES string of the molecule is COc1ccc(C(=O)c2ccc(Cl)cc2)c2[nH]ccc12. The van der Waals surface area contributed by atoms with Gasteiger partial charge in [-0.1, -0.05) is 11.6 Å². The molecule has 3 rings (SSSR count). The Bertz CT molecular complexity index is 775. The predicted molar refractivity (Wildman–Crippen MR) is 79.7 cm³/mol. The number of hydrogen-bond acceptors (Lipinski definition) is 2. The Morgan fingerprint density at radius 2 is 1.85 bits per heavy atom. The molecule has 0 spiro atoms. The summed E-state index contributed by atoms with van der Waals surface area (Å²) >= 11 is 5.85. The molecule has 0 saturated heterocycles. The number of halogens is 1. The number of benzene rings is 2. The Morgan fingerprint density at radius 3 is 2.55 bits per heavy atom. The van der Waals surface area contributed by atoms with Crippen molar-refractivity contribution in [1.82, 2.24) is 4.98 Å². The Kier molecular flexibility index (Phi) is 3.20. The van der Waals surface area contributed by atoms with E-state index in [-0.39, 0.29) is 5.78 Å². The third-order valence-electron chi connectivity index (χ3n) is 3.25. The van der Waals surface area contributed by atoms with E-state index in [9.17, 15) is 4.79 Å². The van der Waals surface area contributed by atoms with Crippen molar-refractivity contribution in [2.24, 2.45) is 0 Å². The Morgan fingerprint density at radius 1 is 1.10 bits per heavy atom. The first-order valence-corrected chi connectivity index (χ1v) is 6.53. The lowest BCUT2D eigenvalue weighted by molar-refractivity contribution is 0.104. The lowest BCUT2D eigenvalue weighted by atomic mass is 10.0. The van der Waals surface area contributed by atoms with Crippen LogP contribution in [0.25, 0.3) is 10.9 Å². The highest BCUT2D eigenvalue weighted by Crippen LogP contribution is 2.29. The summed E-state index contributed by atoms with van der Waals surface area (Å²) in [6, 6.07) is 12.3. The van der Waals surface area contributed by atoms with Crippen LogP contribution < -0.4 is 4.74 Å². The molecule has 0 saturated carbocycles. The zero-order valence-corrected chi connectivity index (χ0v) is 11.6. The van der Waals surface area contributed by atoms with Crippen LogP contribution in [0.3, 0.4) is 0 Å². The number of H-pyrrole nitrogens is 1. The molecule has 0 aliphatic carbocycles. The lowest BCUT2D eigenvalue weighted by Gasteiger charge is -2.07. The first-order chi connectivity index (χ1) is 9.70. The summed E-state index contributed by atoms with van der Waals surface area (Å²) in [6.45, 7) is 0. The minimum Gasteiger partial charge on any atom is -0.496 e. The van der Waals surface area contributed by atoms with Crippen molar-refractivity contribution >= 4 is 28.3 Å². The molecule has 0 radical (unpaired) electrons. The molecule has 0 aliphatic rings. The average molecular weight is 286 g/mol. The molecule has 0 unspecified atom stereocenters. The fourth-order valence-corrected chi connectivity index (χ4v) is 2.38. The highest BCUT2D eigenvalue weighted by Gasteiger charge is 2.15. The van der Waals surface area contributed by atoms with Crippen LogP contribution >= 0.6 is 11.6 Å². The molecular formula is C16H12ClNO2. The van der Waals surface area contributed by atoms with Crippen molar-refractivity contribution in [3.05, 3.63) is 64.8 Å². The molecule has 0 aliphatic heterocycles. The van der Waals surface area contributed by atoms with Crippen molar-refractivity contribution in [2.75, 3.05) is 7.11 Å². The highest BCUT2D eigenvalue weighted by atomic mass is 35.5. The highest BCUT2D eigenvalue weighted by molar-refractivity contribution is 6.30. The molecule has 0 fully saturated rings. The van der Waals surface area contributed by atoms with Crippen LogP contribution in [-0.2, 0) is 0 Å². The molecule has 1 heterocycles. The number of nitrogens with one attached hydrogen (secondary N) is 1. The van der Waals surface area contributed by atoms with Crippen LogP contribution in [0, 0.1) is 0 Å². The van der Waals surface area contributed by atoms with Gasteiger partial charge in [0, 0.05) is 27.7 Å². The van der Waals surface area contributed by atoms with E-state index < -0.39 is 0 Å². The van der Waals surface area contributed by atoms with Gasteiger partial charge in [-0.15, -0.1) is 0 Å². The first-order valence-electron chi connectivity index (χ1n) is 6.15. The second kappa shape index (κ2) is 5.02. The zero-order chi connectivity index (χ0) is 14.1. The molecule has 4 heteroatoms. The van der Waals surface area contributed by atoms with E-state index in [4.69, 9.17) is 16.3 Å². The first kappa shape index (κ1) is 12.8. The zero-order valence-electron chi connectivity index (χ0n) is 10.8. The number of ether oxygens (including phenoxy) is 1. The van der Waals surface area contributed by atoms with Crippen molar-refractivity contribution in [1.29, 1.82) is 0 Å². The van der Waals surface area contributed by atoms with Gasteiger partial charge >= 0.3 is 0 Å². The third-order valence-corrected chi connectivity index (χ3v) is 3.51. The van der Waals surface area contributed by atoms with Gasteiger partial charge in [0.2, 0.25) is 0 Å². The molecular weight excluding hydrogens is 274 g/mol. The van der Waals surface area contributed by atoms with Crippen molar-refractivity contribution in [3.8, 4) is 5.75 Å². The molecule has 3 aromatic rings. The Labute approximate surface area is 121 Å². The van der Waals surface area contributed by atoms with Gasteiger partial charge in [-0.3, -0.25) is 4.79 Å². The predicted octanol–water partition coefficient (Wildman–Crippen LogP) is 4.06. The van der Waals surface area contributed by atoms with Crippen molar-refractivity contribution < 1.29 is 9.53 Å². The van der Waals surface area contributed by atoms with Gasteiger partial charge in [0.15, 0.2) is 5.78 Å². The van der Waals surface area contributed by atoms with Gasteiger partial charge in [-0.05, 0) is 42.5 Å². The molecule has 0 bridgehead atoms. The topological polar surface area (TPSA) is 42.1 Å². The van der Waals surface area contributed by atoms with Crippen molar-refractivity contribution in [3.63, 3.8) is 0 Å². The largest absolute Gasteiger partial charge is 0.496 e. The standard InChI is InChI=1S/C16H12ClNO2/c1-20-14-7-6-13(15-12(14)8-9-18-15)16(19)10-2-4-11(17)5-3-10/h2-9,18H,1H3. The molecule has 0 amide bonds. The number of methoxy groups -OCH3 is 1. The van der Waals surface area contributed by atoms with E-state index in [0.29, 0.717) is 16.1 Å². The smallest absolute Gasteiger partial charge is 0.195 e. The summed E-state index contributed by atoms with van der Waals surface area (Å²) in [6.07, 6.45) is 1.80. The molecule has 1 aromatic heterocycles. The fraction of sp³-hybridized carbons (Fsp3) is 0.0625. The number of rotatable bonds is 3. The van der Waals surface area contributed by atoms with Gasteiger partial charge in [0.25, 0.3) is 0 Å². The van der Waals surface area contributed by atoms with E-state index in [0.717, 1.165) is 16.7 Å². The second-order valence-corrected chi connectivity index (χ2v) is 4.85. The molecule has 3 nitrogen and oxygen atoms in total. The summed E-state index contributed by atoms with van der Waals surface area (Å²) in [7, 11) is 1.61. The summed E-state index contributed by atoms with van der Waals surface area (Å²) in [5, 5.41) is 1.51. The van der Waals surface area contributed by atoms with Crippen LogP contribution in [0.1, 0.15) is 15.9 Å². The third kappa shape index (κ3) is 2.06. The summed E-state index contributed by atoms with van der Waals surface area (Å²) in [5.74, 6) is 0.700. The average Bonchev–Trinajstić information content (AvgIpc) is 2.95. The number of aromatic nitrogens is 1. The van der Waals surface area contributed by atoms with E-state index in [1.54, 1.807) is 49.7 Å². The fourth-order valence-electron chi connectivity index (χ4n) is 2.25. The summed E-state index contributed by atoms with van der Waals surface area (Å²) < 4.78 is 5.29. The van der Waals surface area contributed by atoms with Crippen LogP contribution in [0.15, 0.2) is 48.7 Å². The van der Waals surface area contributed by atoms with Gasteiger partial charge in [0.05, 0.1) is 12.6 Å². The van der Waals surface area contributed by atoms with Gasteiger partial charge in [-0.25, -0.2) is 0 Å². The van der Waals surface area contributed by atoms with Gasteiger partial charge < -0.3 is 9.72 Å². The van der Waals surface area contributed by atoms with E-state index in [1.165, 1.54) is 0 Å². The summed E-state index contributed by atoms with van der Waals surface area (Å²) in [5.41, 5.74) is 2.01. The number of aromatic amines is 1. The van der Waals surface area contributed by atoms with Crippen LogP contribution in [0.5, 0.6) is 5.75 Å². The molecule has 0 atom stereocenters. The minimum atomic E-state index is -0.0447. The molecule has 2 aromatic carbocycles. The lowest BCUT2D eigenvalue weighted by Crippen LogP contribution is -2.02. The number of fused-ring (bicyclic) bond motifs is 1. The second-order valence-electron chi connectivity index (χ2n) is 4.42. The van der Waals surface area contributed by atoms with Gasteiger partial charge in [0.1, 0.15) is 5.75 Å². The quantitative estimate of drug-likeness (QED) is 0.737. The minimum absolute atomic E-state index is 0.0447. The van der Waals surface area contributed by atoms with E-state index >= 15 is 0 Å². The Hall–Kier alpha value is -2.26. The van der Waals surface area contributed by atoms with Crippen LogP contribution in [-0.4, -0.2) is 17.9 Å². The number of hydrogen-bond donors (Lipinski definition) is 1. The summed E-state index contributed by atoms with van der Waals surface area (Å²) in [4.78, 5) is 15.7. The number of ketones is 1. The van der Waals surface area contributed by atoms with Crippen LogP contribution in [0.2, 0.25) is 5.02 Å². The van der Waals surface area contributed by atoms with E-state index in [2.05, 4.69) is 4.98 Å².